The third-order valence-corrected chi connectivity index (χ3v) is 8.37. The van der Waals surface area contributed by atoms with Crippen LogP contribution in [-0.2, 0) is 28.1 Å². The molecule has 0 bridgehead atoms. The van der Waals surface area contributed by atoms with Crippen LogP contribution in [0, 0.1) is 0 Å². The van der Waals surface area contributed by atoms with Gasteiger partial charge in [-0.2, -0.15) is 0 Å². The molecule has 0 radical (unpaired) electrons. The fraction of sp³-hybridized carbons (Fsp3) is 0.391. The van der Waals surface area contributed by atoms with Crippen LogP contribution in [0.3, 0.4) is 0 Å². The Hall–Kier alpha value is -2.56. The van der Waals surface area contributed by atoms with Crippen molar-refractivity contribution in [3.8, 4) is 0 Å². The van der Waals surface area contributed by atoms with Crippen LogP contribution in [0.15, 0.2) is 29.4 Å². The molecule has 8 nitrogen and oxygen atoms in total. The molecule has 4 rings (SSSR count). The largest absolute Gasteiger partial charge is 0.465 e. The number of thiophene rings is 1. The van der Waals surface area contributed by atoms with Gasteiger partial charge in [-0.25, -0.2) is 4.79 Å². The average molecular weight is 520 g/mol. The smallest absolute Gasteiger partial charge is 0.341 e. The molecule has 0 saturated carbocycles. The summed E-state index contributed by atoms with van der Waals surface area (Å²) in [5.74, 6) is 0.00204. The quantitative estimate of drug-likeness (QED) is 0.313. The Labute approximate surface area is 211 Å². The minimum absolute atomic E-state index is 0.155. The van der Waals surface area contributed by atoms with Crippen LogP contribution < -0.4 is 11.1 Å². The molecule has 1 unspecified atom stereocenters. The molecule has 0 saturated heterocycles. The predicted molar refractivity (Wildman–Crippen MR) is 136 cm³/mol. The summed E-state index contributed by atoms with van der Waals surface area (Å²) in [6.45, 7) is 1.90. The molecule has 0 spiro atoms. The number of nitrogens with two attached hydrogens (primary N) is 1. The first-order valence-electron chi connectivity index (χ1n) is 11.0. The molecular formula is C23H26ClN5O3S2. The summed E-state index contributed by atoms with van der Waals surface area (Å²) in [5.41, 5.74) is 8.54. The number of aryl methyl sites for hydroxylation is 1. The highest BCUT2D eigenvalue weighted by atomic mass is 35.5. The lowest BCUT2D eigenvalue weighted by molar-refractivity contribution is -0.119. The number of nitrogens with zero attached hydrogens (tertiary/aromatic N) is 3. The number of ether oxygens (including phenoxy) is 1. The normalized spacial score (nSPS) is 13.9. The van der Waals surface area contributed by atoms with Crippen molar-refractivity contribution in [3.05, 3.63) is 50.9 Å². The number of nitrogen functional groups attached to an aromatic ring is 1. The van der Waals surface area contributed by atoms with Crippen molar-refractivity contribution in [1.82, 2.24) is 14.8 Å². The number of nitrogens with one attached hydrogen (secondary N) is 1. The van der Waals surface area contributed by atoms with Gasteiger partial charge in [0.05, 0.1) is 12.7 Å². The number of esters is 1. The summed E-state index contributed by atoms with van der Waals surface area (Å²) >= 11 is 9.14. The van der Waals surface area contributed by atoms with Crippen LogP contribution >= 0.6 is 34.7 Å². The van der Waals surface area contributed by atoms with Crippen molar-refractivity contribution >= 4 is 57.5 Å². The lowest BCUT2D eigenvalue weighted by atomic mass is 9.95. The summed E-state index contributed by atoms with van der Waals surface area (Å²) < 4.78 is 6.66. The maximum Gasteiger partial charge on any atom is 0.341 e. The van der Waals surface area contributed by atoms with Crippen molar-refractivity contribution in [2.75, 3.05) is 18.2 Å². The van der Waals surface area contributed by atoms with Crippen LogP contribution in [0.2, 0.25) is 5.02 Å². The van der Waals surface area contributed by atoms with Gasteiger partial charge in [0, 0.05) is 15.7 Å². The van der Waals surface area contributed by atoms with E-state index in [0.717, 1.165) is 41.7 Å². The van der Waals surface area contributed by atoms with E-state index in [1.54, 1.807) is 4.57 Å². The van der Waals surface area contributed by atoms with Crippen LogP contribution in [0.5, 0.6) is 0 Å². The topological polar surface area (TPSA) is 112 Å². The van der Waals surface area contributed by atoms with E-state index < -0.39 is 12.0 Å². The van der Waals surface area contributed by atoms with E-state index in [1.807, 2.05) is 31.2 Å². The first-order valence-corrected chi connectivity index (χ1v) is 13.2. The van der Waals surface area contributed by atoms with Crippen LogP contribution in [-0.4, -0.2) is 33.8 Å². The number of amides is 1. The molecule has 1 aromatic carbocycles. The second kappa shape index (κ2) is 10.8. The van der Waals surface area contributed by atoms with Crippen molar-refractivity contribution in [2.45, 2.75) is 56.0 Å². The summed E-state index contributed by atoms with van der Waals surface area (Å²) in [5, 5.41) is 12.9. The molecule has 1 aliphatic carbocycles. The second-order valence-corrected chi connectivity index (χ2v) is 10.4. The maximum atomic E-state index is 13.4. The SMILES string of the molecule is CCC(C(=O)Nc1sc2c(c1C(=O)OC)CCCC2)n1c(N)nnc1SCc1ccccc1Cl. The number of fused-ring (bicyclic) bond motifs is 1. The summed E-state index contributed by atoms with van der Waals surface area (Å²) in [7, 11) is 1.36. The van der Waals surface area contributed by atoms with Crippen molar-refractivity contribution in [1.29, 1.82) is 0 Å². The van der Waals surface area contributed by atoms with Gasteiger partial charge in [-0.3, -0.25) is 9.36 Å². The highest BCUT2D eigenvalue weighted by molar-refractivity contribution is 7.98. The minimum Gasteiger partial charge on any atom is -0.465 e. The van der Waals surface area contributed by atoms with Gasteiger partial charge in [0.1, 0.15) is 11.0 Å². The highest BCUT2D eigenvalue weighted by Crippen LogP contribution is 2.39. The molecule has 2 heterocycles. The van der Waals surface area contributed by atoms with Gasteiger partial charge in [0.2, 0.25) is 11.9 Å². The fourth-order valence-corrected chi connectivity index (χ4v) is 6.65. The van der Waals surface area contributed by atoms with E-state index in [2.05, 4.69) is 15.5 Å². The van der Waals surface area contributed by atoms with Crippen molar-refractivity contribution in [2.24, 2.45) is 0 Å². The number of rotatable bonds is 8. The third-order valence-electron chi connectivity index (χ3n) is 5.80. The molecule has 1 atom stereocenters. The molecule has 11 heteroatoms. The number of carbonyl (C=O) groups excluding carboxylic acids is 2. The highest BCUT2D eigenvalue weighted by Gasteiger charge is 2.30. The Bertz CT molecular complexity index is 1210. The van der Waals surface area contributed by atoms with Gasteiger partial charge >= 0.3 is 5.97 Å². The molecule has 3 aromatic rings. The van der Waals surface area contributed by atoms with E-state index in [0.29, 0.717) is 32.9 Å². The standard InChI is InChI=1S/C23H26ClN5O3S2/c1-3-16(29-22(25)27-28-23(29)33-12-13-8-4-6-10-15(13)24)19(30)26-20-18(21(31)32-2)14-9-5-7-11-17(14)34-20/h4,6,8,10,16H,3,5,7,9,11-12H2,1-2H3,(H2,25,27)(H,26,30). The zero-order chi connectivity index (χ0) is 24.2. The number of hydrogen-bond acceptors (Lipinski definition) is 8. The van der Waals surface area contributed by atoms with Gasteiger partial charge in [-0.1, -0.05) is 48.5 Å². The molecule has 1 aliphatic rings. The first-order chi connectivity index (χ1) is 16.4. The Morgan fingerprint density at radius 3 is 2.79 bits per heavy atom. The number of aromatic nitrogens is 3. The number of thioether (sulfide) groups is 1. The molecule has 180 valence electrons. The lowest BCUT2D eigenvalue weighted by Gasteiger charge is -2.19. The van der Waals surface area contributed by atoms with Crippen molar-refractivity contribution < 1.29 is 14.3 Å². The monoisotopic (exact) mass is 519 g/mol. The Kier molecular flexibility index (Phi) is 7.80. The molecule has 2 aromatic heterocycles. The molecule has 0 aliphatic heterocycles. The number of carbonyl (C=O) groups is 2. The number of benzene rings is 1. The first kappa shape index (κ1) is 24.6. The van der Waals surface area contributed by atoms with Gasteiger partial charge in [-0.15, -0.1) is 21.5 Å². The molecule has 1 amide bonds. The Morgan fingerprint density at radius 1 is 1.29 bits per heavy atom. The van der Waals surface area contributed by atoms with Gasteiger partial charge in [0.15, 0.2) is 5.16 Å². The van der Waals surface area contributed by atoms with Gasteiger partial charge in [0.25, 0.3) is 0 Å². The van der Waals surface area contributed by atoms with Crippen LogP contribution in [0.4, 0.5) is 10.9 Å². The average Bonchev–Trinajstić information content (AvgIpc) is 3.38. The van der Waals surface area contributed by atoms with E-state index in [4.69, 9.17) is 22.1 Å². The predicted octanol–water partition coefficient (Wildman–Crippen LogP) is 5.12. The molecule has 0 fully saturated rings. The number of methoxy groups -OCH3 is 1. The van der Waals surface area contributed by atoms with E-state index in [1.165, 1.54) is 30.2 Å². The van der Waals surface area contributed by atoms with Gasteiger partial charge in [-0.05, 0) is 49.3 Å². The summed E-state index contributed by atoms with van der Waals surface area (Å²) in [4.78, 5) is 27.1. The zero-order valence-corrected chi connectivity index (χ0v) is 21.4. The second-order valence-electron chi connectivity index (χ2n) is 7.91. The summed E-state index contributed by atoms with van der Waals surface area (Å²) in [6, 6.07) is 6.92. The maximum absolute atomic E-state index is 13.4. The van der Waals surface area contributed by atoms with Gasteiger partial charge < -0.3 is 15.8 Å². The van der Waals surface area contributed by atoms with E-state index in [9.17, 15) is 9.59 Å². The Morgan fingerprint density at radius 2 is 2.06 bits per heavy atom. The molecular weight excluding hydrogens is 494 g/mol. The van der Waals surface area contributed by atoms with Crippen LogP contribution in [0.25, 0.3) is 0 Å². The van der Waals surface area contributed by atoms with Crippen LogP contribution in [0.1, 0.15) is 58.6 Å². The fourth-order valence-electron chi connectivity index (χ4n) is 4.09. The third kappa shape index (κ3) is 4.94. The lowest BCUT2D eigenvalue weighted by Crippen LogP contribution is -2.27. The number of halogens is 1. The molecule has 34 heavy (non-hydrogen) atoms. The van der Waals surface area contributed by atoms with Crippen molar-refractivity contribution in [3.63, 3.8) is 0 Å². The summed E-state index contributed by atoms with van der Waals surface area (Å²) in [6.07, 6.45) is 4.26. The zero-order valence-electron chi connectivity index (χ0n) is 19.0. The Balaban J connectivity index is 1.59. The molecule has 3 N–H and O–H groups in total. The van der Waals surface area contributed by atoms with E-state index in [-0.39, 0.29) is 11.9 Å². The number of hydrogen-bond donors (Lipinski definition) is 2. The minimum atomic E-state index is -0.645. The number of anilines is 2. The van der Waals surface area contributed by atoms with E-state index >= 15 is 0 Å².